The van der Waals surface area contributed by atoms with Crippen molar-refractivity contribution in [3.8, 4) is 0 Å². The molecule has 1 atom stereocenters. The average molecular weight is 366 g/mol. The third-order valence-electron chi connectivity index (χ3n) is 2.81. The molecule has 0 saturated heterocycles. The van der Waals surface area contributed by atoms with E-state index in [0.29, 0.717) is 0 Å². The van der Waals surface area contributed by atoms with Crippen LogP contribution in [0.4, 0.5) is 0 Å². The van der Waals surface area contributed by atoms with Crippen LogP contribution in [0.3, 0.4) is 0 Å². The number of hydrogen-bond donors (Lipinski definition) is 1. The maximum atomic E-state index is 12.2. The Bertz CT molecular complexity index is 617. The molecule has 0 aliphatic rings. The molecule has 0 saturated carbocycles. The molecule has 0 unspecified atom stereocenters. The molecular weight excluding hydrogens is 343 g/mol. The van der Waals surface area contributed by atoms with Gasteiger partial charge in [-0.2, -0.15) is 8.42 Å². The molecule has 0 bridgehead atoms. The first-order valence-corrected chi connectivity index (χ1v) is 10.4. The van der Waals surface area contributed by atoms with Crippen LogP contribution >= 0.6 is 7.60 Å². The summed E-state index contributed by atoms with van der Waals surface area (Å²) >= 11 is 0. The topological polar surface area (TPSA) is 99.1 Å². The van der Waals surface area contributed by atoms with Crippen molar-refractivity contribution >= 4 is 17.7 Å². The lowest BCUT2D eigenvalue weighted by Crippen LogP contribution is -2.23. The highest BCUT2D eigenvalue weighted by Gasteiger charge is 2.29. The van der Waals surface area contributed by atoms with Crippen molar-refractivity contribution in [3.63, 3.8) is 0 Å². The minimum atomic E-state index is -3.98. The molecule has 0 aliphatic heterocycles. The summed E-state index contributed by atoms with van der Waals surface area (Å²) in [4.78, 5) is -0.00639. The fraction of sp³-hybridized carbons (Fsp3) is 0.571. The van der Waals surface area contributed by atoms with E-state index in [9.17, 15) is 18.1 Å². The van der Waals surface area contributed by atoms with E-state index in [0.717, 1.165) is 5.56 Å². The van der Waals surface area contributed by atoms with Gasteiger partial charge in [-0.3, -0.25) is 8.75 Å². The van der Waals surface area contributed by atoms with Crippen molar-refractivity contribution < 1.29 is 31.3 Å². The smallest absolute Gasteiger partial charge is 0.333 e. The molecule has 9 heteroatoms. The summed E-state index contributed by atoms with van der Waals surface area (Å²) < 4.78 is 51.1. The molecule has 0 aliphatic carbocycles. The van der Waals surface area contributed by atoms with Crippen LogP contribution in [0, 0.1) is 6.92 Å². The molecule has 0 fully saturated rings. The fourth-order valence-corrected chi connectivity index (χ4v) is 4.42. The van der Waals surface area contributed by atoms with Crippen LogP contribution in [0.1, 0.15) is 19.4 Å². The first-order valence-electron chi connectivity index (χ1n) is 7.24. The van der Waals surface area contributed by atoms with Crippen LogP contribution in [0.2, 0.25) is 0 Å². The van der Waals surface area contributed by atoms with Gasteiger partial charge in [-0.1, -0.05) is 17.7 Å². The van der Waals surface area contributed by atoms with Crippen molar-refractivity contribution in [2.24, 2.45) is 0 Å². The molecule has 1 rings (SSSR count). The lowest BCUT2D eigenvalue weighted by Gasteiger charge is -2.19. The van der Waals surface area contributed by atoms with E-state index in [-0.39, 0.29) is 24.3 Å². The Hall–Kier alpha value is -0.760. The quantitative estimate of drug-likeness (QED) is 0.501. The maximum absolute atomic E-state index is 12.2. The summed E-state index contributed by atoms with van der Waals surface area (Å²) in [6, 6.07) is 6.13. The number of aryl methyl sites for hydroxylation is 1. The molecule has 132 valence electrons. The summed E-state index contributed by atoms with van der Waals surface area (Å²) in [5, 5.41) is 9.87. The average Bonchev–Trinajstić information content (AvgIpc) is 2.46. The molecular formula is C14H23O7PS. The standard InChI is InChI=1S/C14H23O7PS/c1-4-19-22(16,20-5-2)11-13(15)10-21-23(17,18)14-8-6-12(3)7-9-14/h6-9,13,15H,4-5,10-11H2,1-3H3/t13-/m0/s1. The highest BCUT2D eigenvalue weighted by molar-refractivity contribution is 7.86. The molecule has 0 radical (unpaired) electrons. The zero-order valence-corrected chi connectivity index (χ0v) is 15.2. The van der Waals surface area contributed by atoms with Crippen molar-refractivity contribution in [1.82, 2.24) is 0 Å². The molecule has 1 aromatic carbocycles. The molecule has 0 aromatic heterocycles. The van der Waals surface area contributed by atoms with Gasteiger partial charge in [-0.05, 0) is 32.9 Å². The van der Waals surface area contributed by atoms with Crippen LogP contribution in [-0.4, -0.2) is 45.6 Å². The fourth-order valence-electron chi connectivity index (χ4n) is 1.79. The first kappa shape index (κ1) is 20.3. The number of hydrogen-bond acceptors (Lipinski definition) is 7. The third-order valence-corrected chi connectivity index (χ3v) is 6.28. The monoisotopic (exact) mass is 366 g/mol. The summed E-state index contributed by atoms with van der Waals surface area (Å²) in [5.41, 5.74) is 0.915. The lowest BCUT2D eigenvalue weighted by molar-refractivity contribution is 0.117. The Morgan fingerprint density at radius 3 is 2.13 bits per heavy atom. The molecule has 7 nitrogen and oxygen atoms in total. The summed E-state index contributed by atoms with van der Waals surface area (Å²) in [6.45, 7) is 4.92. The van der Waals surface area contributed by atoms with E-state index in [4.69, 9.17) is 13.2 Å². The van der Waals surface area contributed by atoms with E-state index in [2.05, 4.69) is 0 Å². The van der Waals surface area contributed by atoms with Crippen molar-refractivity contribution in [2.75, 3.05) is 26.0 Å². The van der Waals surface area contributed by atoms with Gasteiger partial charge >= 0.3 is 7.60 Å². The van der Waals surface area contributed by atoms with Crippen molar-refractivity contribution in [3.05, 3.63) is 29.8 Å². The van der Waals surface area contributed by atoms with Crippen LogP contribution in [0.15, 0.2) is 29.2 Å². The van der Waals surface area contributed by atoms with E-state index < -0.39 is 30.4 Å². The van der Waals surface area contributed by atoms with Gasteiger partial charge in [0.15, 0.2) is 0 Å². The number of aliphatic hydroxyl groups is 1. The van der Waals surface area contributed by atoms with Crippen LogP contribution in [0.25, 0.3) is 0 Å². The number of benzene rings is 1. The minimum Gasteiger partial charge on any atom is -0.390 e. The Labute approximate surface area is 137 Å². The van der Waals surface area contributed by atoms with Gasteiger partial charge in [0.25, 0.3) is 10.1 Å². The largest absolute Gasteiger partial charge is 0.390 e. The molecule has 0 spiro atoms. The van der Waals surface area contributed by atoms with Gasteiger partial charge in [0.1, 0.15) is 0 Å². The zero-order valence-electron chi connectivity index (χ0n) is 13.5. The molecule has 1 aromatic rings. The number of aliphatic hydroxyl groups excluding tert-OH is 1. The first-order chi connectivity index (χ1) is 10.7. The van der Waals surface area contributed by atoms with Gasteiger partial charge in [0, 0.05) is 0 Å². The van der Waals surface area contributed by atoms with E-state index in [1.807, 2.05) is 6.92 Å². The van der Waals surface area contributed by atoms with E-state index >= 15 is 0 Å². The Morgan fingerprint density at radius 1 is 1.13 bits per heavy atom. The van der Waals surface area contributed by atoms with Gasteiger partial charge < -0.3 is 14.2 Å². The second-order valence-electron chi connectivity index (χ2n) is 4.83. The summed E-state index contributed by atoms with van der Waals surface area (Å²) in [5.74, 6) is 0. The van der Waals surface area contributed by atoms with Crippen LogP contribution in [0.5, 0.6) is 0 Å². The molecule has 1 N–H and O–H groups in total. The van der Waals surface area contributed by atoms with E-state index in [1.54, 1.807) is 26.0 Å². The Balaban J connectivity index is 2.65. The predicted octanol–water partition coefficient (Wildman–Crippen LogP) is 2.33. The maximum Gasteiger partial charge on any atom is 0.333 e. The summed E-state index contributed by atoms with van der Waals surface area (Å²) in [7, 11) is -7.44. The van der Waals surface area contributed by atoms with Gasteiger partial charge in [-0.15, -0.1) is 0 Å². The Morgan fingerprint density at radius 2 is 1.65 bits per heavy atom. The number of rotatable bonds is 10. The van der Waals surface area contributed by atoms with E-state index in [1.165, 1.54) is 12.1 Å². The van der Waals surface area contributed by atoms with Gasteiger partial charge in [0.2, 0.25) is 0 Å². The molecule has 0 amide bonds. The van der Waals surface area contributed by atoms with Gasteiger partial charge in [0.05, 0.1) is 37.0 Å². The van der Waals surface area contributed by atoms with Crippen LogP contribution < -0.4 is 0 Å². The Kier molecular flexibility index (Phi) is 7.86. The minimum absolute atomic E-state index is 0.00639. The second kappa shape index (κ2) is 8.92. The zero-order chi connectivity index (χ0) is 17.5. The molecule has 0 heterocycles. The van der Waals surface area contributed by atoms with Crippen molar-refractivity contribution in [2.45, 2.75) is 31.8 Å². The summed E-state index contributed by atoms with van der Waals surface area (Å²) in [6.07, 6.45) is -1.63. The molecule has 23 heavy (non-hydrogen) atoms. The lowest BCUT2D eigenvalue weighted by atomic mass is 10.2. The SMILES string of the molecule is CCOP(=O)(C[C@@H](O)COS(=O)(=O)c1ccc(C)cc1)OCC. The second-order valence-corrected chi connectivity index (χ2v) is 8.55. The highest BCUT2D eigenvalue weighted by atomic mass is 32.2. The van der Waals surface area contributed by atoms with Gasteiger partial charge in [-0.25, -0.2) is 0 Å². The predicted molar refractivity (Wildman–Crippen MR) is 86.0 cm³/mol. The third kappa shape index (κ3) is 6.71. The normalized spacial score (nSPS) is 13.9. The van der Waals surface area contributed by atoms with Crippen LogP contribution in [-0.2, 0) is 27.9 Å². The van der Waals surface area contributed by atoms with Crippen molar-refractivity contribution in [1.29, 1.82) is 0 Å². The highest BCUT2D eigenvalue weighted by Crippen LogP contribution is 2.48.